The smallest absolute Gasteiger partial charge is 0.236 e. The van der Waals surface area contributed by atoms with Crippen molar-refractivity contribution in [1.82, 2.24) is 9.62 Å². The van der Waals surface area contributed by atoms with Crippen LogP contribution < -0.4 is 5.32 Å². The van der Waals surface area contributed by atoms with Gasteiger partial charge in [0.15, 0.2) is 0 Å². The molecule has 0 spiro atoms. The van der Waals surface area contributed by atoms with Gasteiger partial charge in [0.1, 0.15) is 0 Å². The molecule has 0 aliphatic carbocycles. The Labute approximate surface area is 160 Å². The second-order valence-corrected chi connectivity index (χ2v) is 8.45. The quantitative estimate of drug-likeness (QED) is 0.833. The number of sulfonamides is 1. The Bertz CT molecular complexity index is 872. The van der Waals surface area contributed by atoms with Crippen LogP contribution in [0, 0.1) is 5.92 Å². The van der Waals surface area contributed by atoms with Crippen molar-refractivity contribution in [2.75, 3.05) is 13.1 Å². The summed E-state index contributed by atoms with van der Waals surface area (Å²) >= 11 is 0. The normalized spacial score (nSPS) is 16.4. The summed E-state index contributed by atoms with van der Waals surface area (Å²) in [6, 6.07) is 19.1. The van der Waals surface area contributed by atoms with E-state index in [0.717, 1.165) is 11.1 Å². The summed E-state index contributed by atoms with van der Waals surface area (Å²) in [4.78, 5) is 12.3. The first-order valence-corrected chi connectivity index (χ1v) is 10.6. The average molecular weight is 385 g/mol. The molecule has 0 unspecified atom stereocenters. The number of rotatable bonds is 6. The number of carbonyl (C=O) groups is 1. The zero-order valence-corrected chi connectivity index (χ0v) is 15.9. The minimum Gasteiger partial charge on any atom is -0.352 e. The molecule has 142 valence electrons. The number of carbonyl (C=O) groups excluding carboxylic acids is 1. The van der Waals surface area contributed by atoms with Crippen LogP contribution in [0.4, 0.5) is 0 Å². The molecule has 3 rings (SSSR count). The van der Waals surface area contributed by atoms with E-state index in [4.69, 9.17) is 0 Å². The Morgan fingerprint density at radius 3 is 2.22 bits per heavy atom. The Morgan fingerprint density at radius 2 is 1.59 bits per heavy atom. The lowest BCUT2D eigenvalue weighted by Gasteiger charge is -2.29. The highest BCUT2D eigenvalue weighted by atomic mass is 32.2. The second-order valence-electron chi connectivity index (χ2n) is 6.64. The van der Waals surface area contributed by atoms with Crippen LogP contribution in [0.25, 0.3) is 6.08 Å². The van der Waals surface area contributed by atoms with E-state index in [9.17, 15) is 13.2 Å². The van der Waals surface area contributed by atoms with E-state index >= 15 is 0 Å². The number of hydrogen-bond acceptors (Lipinski definition) is 3. The van der Waals surface area contributed by atoms with Gasteiger partial charge in [0.25, 0.3) is 0 Å². The largest absolute Gasteiger partial charge is 0.352 e. The summed E-state index contributed by atoms with van der Waals surface area (Å²) < 4.78 is 26.4. The first-order valence-electron chi connectivity index (χ1n) is 9.09. The summed E-state index contributed by atoms with van der Waals surface area (Å²) in [6.45, 7) is 1.23. The summed E-state index contributed by atoms with van der Waals surface area (Å²) in [5.41, 5.74) is 1.90. The van der Waals surface area contributed by atoms with E-state index in [2.05, 4.69) is 5.32 Å². The molecule has 1 fully saturated rings. The molecule has 1 N–H and O–H groups in total. The average Bonchev–Trinajstić information content (AvgIpc) is 2.72. The van der Waals surface area contributed by atoms with Gasteiger partial charge in [-0.2, -0.15) is 4.31 Å². The fourth-order valence-electron chi connectivity index (χ4n) is 3.12. The van der Waals surface area contributed by atoms with E-state index < -0.39 is 10.0 Å². The number of piperidine rings is 1. The number of hydrogen-bond donors (Lipinski definition) is 1. The van der Waals surface area contributed by atoms with Gasteiger partial charge in [-0.3, -0.25) is 4.79 Å². The molecule has 0 radical (unpaired) electrons. The van der Waals surface area contributed by atoms with Crippen LogP contribution in [0.1, 0.15) is 24.0 Å². The van der Waals surface area contributed by atoms with Gasteiger partial charge < -0.3 is 5.32 Å². The molecule has 0 bridgehead atoms. The lowest BCUT2D eigenvalue weighted by Crippen LogP contribution is -2.42. The third-order valence-electron chi connectivity index (χ3n) is 4.73. The van der Waals surface area contributed by atoms with Crippen molar-refractivity contribution >= 4 is 22.0 Å². The maximum atomic E-state index is 12.5. The molecule has 0 aromatic heterocycles. The third kappa shape index (κ3) is 5.52. The fourth-order valence-corrected chi connectivity index (χ4v) is 4.34. The minimum absolute atomic E-state index is 0.00395. The van der Waals surface area contributed by atoms with Crippen molar-refractivity contribution in [3.05, 3.63) is 77.2 Å². The summed E-state index contributed by atoms with van der Waals surface area (Å²) in [6.07, 6.45) is 2.69. The topological polar surface area (TPSA) is 66.5 Å². The summed E-state index contributed by atoms with van der Waals surface area (Å²) in [5, 5.41) is 4.20. The number of amides is 1. The van der Waals surface area contributed by atoms with Gasteiger partial charge in [0.2, 0.25) is 15.9 Å². The maximum Gasteiger partial charge on any atom is 0.236 e. The molecule has 0 saturated carbocycles. The monoisotopic (exact) mass is 384 g/mol. The molecule has 1 amide bonds. The Morgan fingerprint density at radius 1 is 1.00 bits per heavy atom. The molecule has 5 nitrogen and oxygen atoms in total. The summed E-state index contributed by atoms with van der Waals surface area (Å²) in [5.74, 6) is -0.144. The Balaban J connectivity index is 1.50. The number of nitrogens with one attached hydrogen (secondary N) is 1. The van der Waals surface area contributed by atoms with E-state index in [1.807, 2.05) is 60.7 Å². The zero-order valence-electron chi connectivity index (χ0n) is 15.1. The van der Waals surface area contributed by atoms with Gasteiger partial charge in [-0.05, 0) is 30.0 Å². The molecule has 6 heteroatoms. The van der Waals surface area contributed by atoms with Gasteiger partial charge >= 0.3 is 0 Å². The van der Waals surface area contributed by atoms with Gasteiger partial charge in [-0.25, -0.2) is 8.42 Å². The highest BCUT2D eigenvalue weighted by Crippen LogP contribution is 2.21. The molecule has 1 saturated heterocycles. The Hall–Kier alpha value is -2.44. The van der Waals surface area contributed by atoms with Crippen LogP contribution >= 0.6 is 0 Å². The third-order valence-corrected chi connectivity index (χ3v) is 6.29. The summed E-state index contributed by atoms with van der Waals surface area (Å²) in [7, 11) is -3.46. The SMILES string of the molecule is O=C(NCc1ccccc1)C1CCN(S(=O)(=O)C=Cc2ccccc2)CC1. The van der Waals surface area contributed by atoms with Crippen molar-refractivity contribution in [3.63, 3.8) is 0 Å². The molecule has 1 heterocycles. The fraction of sp³-hybridized carbons (Fsp3) is 0.286. The first kappa shape index (κ1) is 19.3. The molecule has 2 aromatic carbocycles. The van der Waals surface area contributed by atoms with Crippen molar-refractivity contribution < 1.29 is 13.2 Å². The molecular formula is C21H24N2O3S. The van der Waals surface area contributed by atoms with Crippen LogP contribution in [-0.2, 0) is 21.4 Å². The van der Waals surface area contributed by atoms with Crippen LogP contribution in [-0.4, -0.2) is 31.7 Å². The predicted molar refractivity (Wildman–Crippen MR) is 107 cm³/mol. The minimum atomic E-state index is -3.46. The van der Waals surface area contributed by atoms with Crippen LogP contribution in [0.2, 0.25) is 0 Å². The van der Waals surface area contributed by atoms with Crippen molar-refractivity contribution in [2.45, 2.75) is 19.4 Å². The molecule has 27 heavy (non-hydrogen) atoms. The van der Waals surface area contributed by atoms with Gasteiger partial charge in [-0.15, -0.1) is 0 Å². The highest BCUT2D eigenvalue weighted by molar-refractivity contribution is 7.92. The predicted octanol–water partition coefficient (Wildman–Crippen LogP) is 3.02. The zero-order chi connectivity index (χ0) is 19.1. The maximum absolute atomic E-state index is 12.5. The second kappa shape index (κ2) is 8.97. The van der Waals surface area contributed by atoms with Crippen molar-refractivity contribution in [1.29, 1.82) is 0 Å². The van der Waals surface area contributed by atoms with Crippen molar-refractivity contribution in [2.24, 2.45) is 5.92 Å². The van der Waals surface area contributed by atoms with Crippen LogP contribution in [0.15, 0.2) is 66.1 Å². The van der Waals surface area contributed by atoms with Crippen LogP contribution in [0.3, 0.4) is 0 Å². The number of benzene rings is 2. The standard InChI is InChI=1S/C21H24N2O3S/c24-21(22-17-19-9-5-2-6-10-19)20-11-14-23(15-12-20)27(25,26)16-13-18-7-3-1-4-8-18/h1-10,13,16,20H,11-12,14-15,17H2,(H,22,24). The van der Waals surface area contributed by atoms with E-state index in [-0.39, 0.29) is 11.8 Å². The highest BCUT2D eigenvalue weighted by Gasteiger charge is 2.29. The molecule has 1 aliphatic heterocycles. The first-order chi connectivity index (χ1) is 13.0. The molecule has 0 atom stereocenters. The molecule has 2 aromatic rings. The lowest BCUT2D eigenvalue weighted by molar-refractivity contribution is -0.126. The number of nitrogens with zero attached hydrogens (tertiary/aromatic N) is 1. The van der Waals surface area contributed by atoms with Crippen molar-refractivity contribution in [3.8, 4) is 0 Å². The van der Waals surface area contributed by atoms with E-state index in [1.54, 1.807) is 6.08 Å². The van der Waals surface area contributed by atoms with Gasteiger partial charge in [-0.1, -0.05) is 60.7 Å². The van der Waals surface area contributed by atoms with E-state index in [1.165, 1.54) is 9.71 Å². The van der Waals surface area contributed by atoms with E-state index in [0.29, 0.717) is 32.5 Å². The lowest BCUT2D eigenvalue weighted by atomic mass is 9.97. The van der Waals surface area contributed by atoms with Crippen LogP contribution in [0.5, 0.6) is 0 Å². The van der Waals surface area contributed by atoms with Gasteiger partial charge in [0, 0.05) is 31.0 Å². The Kier molecular flexibility index (Phi) is 6.42. The molecular weight excluding hydrogens is 360 g/mol. The molecule has 1 aliphatic rings. The van der Waals surface area contributed by atoms with Gasteiger partial charge in [0.05, 0.1) is 0 Å².